The highest BCUT2D eigenvalue weighted by Gasteiger charge is 2.12. The minimum atomic E-state index is -0.901. The Morgan fingerprint density at radius 3 is 2.30 bits per heavy atom. The zero-order chi connectivity index (χ0) is 26.8. The molecule has 0 heterocycles. The number of carbonyl (C=O) groups is 3. The number of anilines is 1. The molecule has 0 saturated carbocycles. The van der Waals surface area contributed by atoms with Crippen LogP contribution in [0.15, 0.2) is 65.8 Å². The van der Waals surface area contributed by atoms with E-state index in [0.717, 1.165) is 11.1 Å². The fraction of sp³-hybridized carbons (Fsp3) is 0.154. The molecular formula is C26H24Cl2N4O5. The van der Waals surface area contributed by atoms with Crippen LogP contribution in [0.5, 0.6) is 11.5 Å². The van der Waals surface area contributed by atoms with Crippen molar-refractivity contribution in [2.45, 2.75) is 13.5 Å². The van der Waals surface area contributed by atoms with Gasteiger partial charge in [-0.25, -0.2) is 5.43 Å². The van der Waals surface area contributed by atoms with Gasteiger partial charge in [-0.3, -0.25) is 14.4 Å². The summed E-state index contributed by atoms with van der Waals surface area (Å²) in [7, 11) is 1.44. The van der Waals surface area contributed by atoms with Gasteiger partial charge in [0.05, 0.1) is 13.3 Å². The van der Waals surface area contributed by atoms with Gasteiger partial charge in [0.2, 0.25) is 0 Å². The Hall–Kier alpha value is -4.08. The van der Waals surface area contributed by atoms with Gasteiger partial charge in [-0.2, -0.15) is 5.10 Å². The molecule has 0 spiro atoms. The molecule has 11 heteroatoms. The fourth-order valence-electron chi connectivity index (χ4n) is 3.03. The van der Waals surface area contributed by atoms with Gasteiger partial charge in [-0.1, -0.05) is 53.0 Å². The van der Waals surface area contributed by atoms with Gasteiger partial charge in [0.1, 0.15) is 0 Å². The van der Waals surface area contributed by atoms with Gasteiger partial charge in [-0.15, -0.1) is 0 Å². The van der Waals surface area contributed by atoms with Crippen molar-refractivity contribution in [2.24, 2.45) is 5.10 Å². The Morgan fingerprint density at radius 2 is 1.62 bits per heavy atom. The number of hydrogen-bond acceptors (Lipinski definition) is 6. The summed E-state index contributed by atoms with van der Waals surface area (Å²) in [6, 6.07) is 17.1. The average molecular weight is 543 g/mol. The van der Waals surface area contributed by atoms with Gasteiger partial charge in [0.15, 0.2) is 18.1 Å². The molecule has 3 amide bonds. The Kier molecular flexibility index (Phi) is 9.88. The molecule has 0 aliphatic carbocycles. The molecule has 192 valence electrons. The molecule has 0 saturated heterocycles. The molecule has 0 bridgehead atoms. The lowest BCUT2D eigenvalue weighted by molar-refractivity contribution is -0.139. The van der Waals surface area contributed by atoms with E-state index in [1.165, 1.54) is 13.3 Å². The molecule has 0 radical (unpaired) electrons. The molecule has 0 unspecified atom stereocenters. The monoisotopic (exact) mass is 542 g/mol. The quantitative estimate of drug-likeness (QED) is 0.214. The van der Waals surface area contributed by atoms with E-state index < -0.39 is 17.7 Å². The first-order valence-corrected chi connectivity index (χ1v) is 11.7. The van der Waals surface area contributed by atoms with Crippen LogP contribution in [-0.4, -0.2) is 37.7 Å². The second kappa shape index (κ2) is 13.3. The second-order valence-electron chi connectivity index (χ2n) is 7.77. The van der Waals surface area contributed by atoms with Crippen LogP contribution >= 0.6 is 23.2 Å². The molecule has 3 aromatic rings. The first-order valence-electron chi connectivity index (χ1n) is 11.0. The van der Waals surface area contributed by atoms with E-state index in [4.69, 9.17) is 32.7 Å². The molecular weight excluding hydrogens is 519 g/mol. The molecule has 0 aromatic heterocycles. The van der Waals surface area contributed by atoms with E-state index in [0.29, 0.717) is 32.8 Å². The van der Waals surface area contributed by atoms with E-state index >= 15 is 0 Å². The van der Waals surface area contributed by atoms with Gasteiger partial charge in [0.25, 0.3) is 5.91 Å². The van der Waals surface area contributed by atoms with E-state index in [1.54, 1.807) is 36.4 Å². The van der Waals surface area contributed by atoms with Crippen LogP contribution in [-0.2, 0) is 20.9 Å². The Morgan fingerprint density at radius 1 is 0.919 bits per heavy atom. The van der Waals surface area contributed by atoms with Crippen LogP contribution in [0.2, 0.25) is 10.0 Å². The normalized spacial score (nSPS) is 10.6. The highest BCUT2D eigenvalue weighted by Crippen LogP contribution is 2.28. The number of ether oxygens (including phenoxy) is 2. The summed E-state index contributed by atoms with van der Waals surface area (Å²) in [5.74, 6) is -1.47. The Labute approximate surface area is 223 Å². The average Bonchev–Trinajstić information content (AvgIpc) is 2.86. The van der Waals surface area contributed by atoms with Crippen LogP contribution in [0.4, 0.5) is 5.69 Å². The van der Waals surface area contributed by atoms with Crippen LogP contribution in [0.3, 0.4) is 0 Å². The van der Waals surface area contributed by atoms with Crippen molar-refractivity contribution in [3.05, 3.63) is 87.4 Å². The lowest BCUT2D eigenvalue weighted by Crippen LogP contribution is -2.37. The van der Waals surface area contributed by atoms with Crippen molar-refractivity contribution in [3.63, 3.8) is 0 Å². The van der Waals surface area contributed by atoms with Crippen molar-refractivity contribution >= 4 is 52.8 Å². The number of benzene rings is 3. The van der Waals surface area contributed by atoms with E-state index in [1.807, 2.05) is 31.2 Å². The van der Waals surface area contributed by atoms with Crippen LogP contribution < -0.4 is 25.5 Å². The molecule has 0 atom stereocenters. The summed E-state index contributed by atoms with van der Waals surface area (Å²) in [6.45, 7) is 1.89. The number of rotatable bonds is 9. The maximum Gasteiger partial charge on any atom is 0.329 e. The number of hydrogen-bond donors (Lipinski definition) is 3. The lowest BCUT2D eigenvalue weighted by atomic mass is 10.1. The lowest BCUT2D eigenvalue weighted by Gasteiger charge is -2.12. The van der Waals surface area contributed by atoms with Crippen molar-refractivity contribution in [1.82, 2.24) is 10.7 Å². The summed E-state index contributed by atoms with van der Waals surface area (Å²) in [5.41, 5.74) is 5.14. The van der Waals surface area contributed by atoms with Crippen molar-refractivity contribution in [2.75, 3.05) is 19.0 Å². The summed E-state index contributed by atoms with van der Waals surface area (Å²) in [6.07, 6.45) is 1.34. The van der Waals surface area contributed by atoms with Crippen LogP contribution in [0, 0.1) is 6.92 Å². The Bertz CT molecular complexity index is 1290. The molecule has 37 heavy (non-hydrogen) atoms. The van der Waals surface area contributed by atoms with Crippen LogP contribution in [0.1, 0.15) is 16.7 Å². The van der Waals surface area contributed by atoms with Crippen molar-refractivity contribution in [3.8, 4) is 11.5 Å². The number of methoxy groups -OCH3 is 1. The summed E-state index contributed by atoms with van der Waals surface area (Å²) >= 11 is 11.9. The smallest absolute Gasteiger partial charge is 0.329 e. The number of nitrogens with one attached hydrogen (secondary N) is 3. The van der Waals surface area contributed by atoms with Crippen molar-refractivity contribution in [1.29, 1.82) is 0 Å². The summed E-state index contributed by atoms with van der Waals surface area (Å²) in [4.78, 5) is 36.2. The topological polar surface area (TPSA) is 118 Å². The highest BCUT2D eigenvalue weighted by atomic mass is 35.5. The van der Waals surface area contributed by atoms with Crippen LogP contribution in [0.25, 0.3) is 0 Å². The minimum absolute atomic E-state index is 0.222. The molecule has 3 N–H and O–H groups in total. The Balaban J connectivity index is 1.49. The van der Waals surface area contributed by atoms with Gasteiger partial charge >= 0.3 is 11.8 Å². The number of nitrogens with zero attached hydrogens (tertiary/aromatic N) is 1. The van der Waals surface area contributed by atoms with Crippen molar-refractivity contribution < 1.29 is 23.9 Å². The second-order valence-corrected chi connectivity index (χ2v) is 8.65. The third-order valence-electron chi connectivity index (χ3n) is 4.85. The summed E-state index contributed by atoms with van der Waals surface area (Å²) in [5, 5.41) is 9.76. The largest absolute Gasteiger partial charge is 0.493 e. The molecule has 9 nitrogen and oxygen atoms in total. The molecule has 0 aliphatic heterocycles. The first-order chi connectivity index (χ1) is 17.7. The van der Waals surface area contributed by atoms with Gasteiger partial charge in [-0.05, 0) is 54.4 Å². The maximum atomic E-state index is 12.2. The zero-order valence-electron chi connectivity index (χ0n) is 20.0. The first kappa shape index (κ1) is 27.5. The minimum Gasteiger partial charge on any atom is -0.493 e. The summed E-state index contributed by atoms with van der Waals surface area (Å²) < 4.78 is 10.9. The molecule has 3 rings (SSSR count). The standard InChI is InChI=1S/C26H24Cl2N4O5/c1-16-3-5-17(6-4-16)13-29-25(34)26(35)32-30-14-18-7-8-22(23(9-18)36-2)37-15-24(33)31-21-11-19(27)10-20(28)12-21/h3-12,14H,13,15H2,1-2H3,(H,29,34)(H,31,33)(H,32,35)/b30-14-. The molecule has 0 fully saturated rings. The third-order valence-corrected chi connectivity index (χ3v) is 5.29. The number of aryl methyl sites for hydroxylation is 1. The predicted molar refractivity (Wildman–Crippen MR) is 142 cm³/mol. The van der Waals surface area contributed by atoms with Gasteiger partial charge < -0.3 is 20.1 Å². The molecule has 3 aromatic carbocycles. The third kappa shape index (κ3) is 8.82. The SMILES string of the molecule is COc1cc(/C=N\NC(=O)C(=O)NCc2ccc(C)cc2)ccc1OCC(=O)Nc1cc(Cl)cc(Cl)c1. The highest BCUT2D eigenvalue weighted by molar-refractivity contribution is 6.35. The molecule has 0 aliphatic rings. The number of halogens is 2. The number of amides is 3. The van der Waals surface area contributed by atoms with E-state index in [9.17, 15) is 14.4 Å². The number of carbonyl (C=O) groups excluding carboxylic acids is 3. The van der Waals surface area contributed by atoms with E-state index in [2.05, 4.69) is 21.2 Å². The number of hydrazone groups is 1. The van der Waals surface area contributed by atoms with E-state index in [-0.39, 0.29) is 13.2 Å². The predicted octanol–water partition coefficient (Wildman–Crippen LogP) is 4.09. The van der Waals surface area contributed by atoms with Gasteiger partial charge in [0, 0.05) is 22.3 Å². The zero-order valence-corrected chi connectivity index (χ0v) is 21.5. The maximum absolute atomic E-state index is 12.2. The fourth-order valence-corrected chi connectivity index (χ4v) is 3.56.